The van der Waals surface area contributed by atoms with Crippen molar-refractivity contribution in [2.24, 2.45) is 0 Å². The Morgan fingerprint density at radius 2 is 2.24 bits per heavy atom. The fraction of sp³-hybridized carbons (Fsp3) is 0.333. The average Bonchev–Trinajstić information content (AvgIpc) is 2.70. The molecule has 2 aromatic rings. The predicted octanol–water partition coefficient (Wildman–Crippen LogP) is 1.25. The van der Waals surface area contributed by atoms with Crippen LogP contribution in [0.1, 0.15) is 4.79 Å². The van der Waals surface area contributed by atoms with Gasteiger partial charge < -0.3 is 9.64 Å². The van der Waals surface area contributed by atoms with Crippen molar-refractivity contribution in [3.8, 4) is 5.75 Å². The molecule has 1 aromatic heterocycles. The Bertz CT molecular complexity index is 546. The van der Waals surface area contributed by atoms with Crippen LogP contribution in [0.25, 0.3) is 11.0 Å². The van der Waals surface area contributed by atoms with Gasteiger partial charge in [0, 0.05) is 6.07 Å². The lowest BCUT2D eigenvalue weighted by atomic mass is 10.3. The van der Waals surface area contributed by atoms with Crippen LogP contribution >= 0.6 is 0 Å². The molecule has 0 aliphatic rings. The van der Waals surface area contributed by atoms with Gasteiger partial charge in [-0.05, 0) is 26.2 Å². The average molecular weight is 233 g/mol. The third kappa shape index (κ3) is 2.29. The van der Waals surface area contributed by atoms with Crippen molar-refractivity contribution in [2.75, 3.05) is 27.7 Å². The summed E-state index contributed by atoms with van der Waals surface area (Å²) in [4.78, 5) is 18.0. The van der Waals surface area contributed by atoms with Crippen LogP contribution in [-0.2, 0) is 0 Å². The SMILES string of the molecule is COc1ccc2ncn(C(=O)CN(C)C)c2c1. The number of fused-ring (bicyclic) bond motifs is 1. The smallest absolute Gasteiger partial charge is 0.246 e. The van der Waals surface area contributed by atoms with E-state index in [4.69, 9.17) is 4.74 Å². The first kappa shape index (κ1) is 11.6. The summed E-state index contributed by atoms with van der Waals surface area (Å²) in [5, 5.41) is 0. The second kappa shape index (κ2) is 4.55. The second-order valence-corrected chi connectivity index (χ2v) is 4.10. The summed E-state index contributed by atoms with van der Waals surface area (Å²) in [6, 6.07) is 5.49. The normalized spacial score (nSPS) is 11.1. The molecule has 0 unspecified atom stereocenters. The van der Waals surface area contributed by atoms with Gasteiger partial charge in [0.1, 0.15) is 12.1 Å². The van der Waals surface area contributed by atoms with Gasteiger partial charge in [0.15, 0.2) is 0 Å². The zero-order valence-electron chi connectivity index (χ0n) is 10.2. The summed E-state index contributed by atoms with van der Waals surface area (Å²) in [6.45, 7) is 0.350. The first-order chi connectivity index (χ1) is 8.11. The van der Waals surface area contributed by atoms with Gasteiger partial charge in [0.25, 0.3) is 0 Å². The maximum absolute atomic E-state index is 12.0. The molecule has 17 heavy (non-hydrogen) atoms. The lowest BCUT2D eigenvalue weighted by molar-refractivity contribution is 0.0881. The second-order valence-electron chi connectivity index (χ2n) is 4.10. The number of carbonyl (C=O) groups excluding carboxylic acids is 1. The van der Waals surface area contributed by atoms with Crippen molar-refractivity contribution >= 4 is 16.9 Å². The van der Waals surface area contributed by atoms with Gasteiger partial charge in [-0.1, -0.05) is 0 Å². The van der Waals surface area contributed by atoms with Crippen LogP contribution in [0.5, 0.6) is 5.75 Å². The predicted molar refractivity (Wildman–Crippen MR) is 65.5 cm³/mol. The van der Waals surface area contributed by atoms with Crippen molar-refractivity contribution in [3.63, 3.8) is 0 Å². The minimum Gasteiger partial charge on any atom is -0.497 e. The number of likely N-dealkylation sites (N-methyl/N-ethyl adjacent to an activating group) is 1. The summed E-state index contributed by atoms with van der Waals surface area (Å²) in [6.07, 6.45) is 1.55. The lowest BCUT2D eigenvalue weighted by Crippen LogP contribution is -2.25. The molecule has 0 bridgehead atoms. The molecule has 0 fully saturated rings. The molecule has 0 saturated carbocycles. The van der Waals surface area contributed by atoms with Gasteiger partial charge in [-0.2, -0.15) is 0 Å². The Morgan fingerprint density at radius 1 is 1.47 bits per heavy atom. The Morgan fingerprint density at radius 3 is 2.88 bits per heavy atom. The van der Waals surface area contributed by atoms with Crippen LogP contribution < -0.4 is 4.74 Å². The number of ether oxygens (including phenoxy) is 1. The highest BCUT2D eigenvalue weighted by Crippen LogP contribution is 2.19. The van der Waals surface area contributed by atoms with Crippen LogP contribution in [0.3, 0.4) is 0 Å². The summed E-state index contributed by atoms with van der Waals surface area (Å²) in [5.74, 6) is 0.711. The van der Waals surface area contributed by atoms with E-state index < -0.39 is 0 Å². The minimum absolute atomic E-state index is 0.00856. The molecule has 1 heterocycles. The Kier molecular flexibility index (Phi) is 3.10. The van der Waals surface area contributed by atoms with E-state index in [1.54, 1.807) is 18.0 Å². The van der Waals surface area contributed by atoms with E-state index in [9.17, 15) is 4.79 Å². The number of rotatable bonds is 3. The summed E-state index contributed by atoms with van der Waals surface area (Å²) in [5.41, 5.74) is 1.56. The number of hydrogen-bond donors (Lipinski definition) is 0. The molecule has 2 rings (SSSR count). The number of benzene rings is 1. The molecule has 0 amide bonds. The van der Waals surface area contributed by atoms with Gasteiger partial charge in [-0.15, -0.1) is 0 Å². The first-order valence-corrected chi connectivity index (χ1v) is 5.31. The number of methoxy groups -OCH3 is 1. The molecule has 90 valence electrons. The monoisotopic (exact) mass is 233 g/mol. The van der Waals surface area contributed by atoms with Crippen LogP contribution in [-0.4, -0.2) is 48.1 Å². The molecule has 0 radical (unpaired) electrons. The molecule has 0 saturated heterocycles. The zero-order chi connectivity index (χ0) is 12.4. The Hall–Kier alpha value is -1.88. The van der Waals surface area contributed by atoms with Crippen molar-refractivity contribution in [1.82, 2.24) is 14.5 Å². The maximum atomic E-state index is 12.0. The maximum Gasteiger partial charge on any atom is 0.246 e. The quantitative estimate of drug-likeness (QED) is 0.800. The zero-order valence-corrected chi connectivity index (χ0v) is 10.2. The molecule has 0 spiro atoms. The molecule has 0 aliphatic carbocycles. The third-order valence-electron chi connectivity index (χ3n) is 2.47. The van der Waals surface area contributed by atoms with Gasteiger partial charge in [0.05, 0.1) is 24.7 Å². The van der Waals surface area contributed by atoms with Crippen LogP contribution in [0.2, 0.25) is 0 Å². The largest absolute Gasteiger partial charge is 0.497 e. The summed E-state index contributed by atoms with van der Waals surface area (Å²) >= 11 is 0. The number of carbonyl (C=O) groups is 1. The topological polar surface area (TPSA) is 47.4 Å². The molecule has 5 heteroatoms. The molecule has 1 aromatic carbocycles. The van der Waals surface area contributed by atoms with E-state index in [2.05, 4.69) is 4.98 Å². The van der Waals surface area contributed by atoms with Gasteiger partial charge in [-0.3, -0.25) is 9.36 Å². The van der Waals surface area contributed by atoms with Gasteiger partial charge in [0.2, 0.25) is 5.91 Å². The first-order valence-electron chi connectivity index (χ1n) is 5.31. The third-order valence-corrected chi connectivity index (χ3v) is 2.47. The van der Waals surface area contributed by atoms with E-state index in [0.717, 1.165) is 16.8 Å². The molecule has 5 nitrogen and oxygen atoms in total. The van der Waals surface area contributed by atoms with Crippen molar-refractivity contribution in [1.29, 1.82) is 0 Å². The fourth-order valence-corrected chi connectivity index (χ4v) is 1.66. The molecular weight excluding hydrogens is 218 g/mol. The highest BCUT2D eigenvalue weighted by molar-refractivity contribution is 5.91. The lowest BCUT2D eigenvalue weighted by Gasteiger charge is -2.09. The van der Waals surface area contributed by atoms with Crippen molar-refractivity contribution in [2.45, 2.75) is 0 Å². The van der Waals surface area contributed by atoms with E-state index in [1.165, 1.54) is 0 Å². The molecular formula is C12H15N3O2. The van der Waals surface area contributed by atoms with E-state index in [0.29, 0.717) is 6.54 Å². The molecule has 0 aliphatic heterocycles. The Labute approximate surface area is 99.6 Å². The van der Waals surface area contributed by atoms with Crippen molar-refractivity contribution in [3.05, 3.63) is 24.5 Å². The number of nitrogens with zero attached hydrogens (tertiary/aromatic N) is 3. The van der Waals surface area contributed by atoms with E-state index in [-0.39, 0.29) is 5.91 Å². The summed E-state index contributed by atoms with van der Waals surface area (Å²) < 4.78 is 6.70. The van der Waals surface area contributed by atoms with E-state index in [1.807, 2.05) is 37.2 Å². The number of aromatic nitrogens is 2. The van der Waals surface area contributed by atoms with Crippen LogP contribution in [0, 0.1) is 0 Å². The minimum atomic E-state index is -0.00856. The van der Waals surface area contributed by atoms with Crippen LogP contribution in [0.15, 0.2) is 24.5 Å². The number of hydrogen-bond acceptors (Lipinski definition) is 4. The molecule has 0 atom stereocenters. The van der Waals surface area contributed by atoms with Crippen LogP contribution in [0.4, 0.5) is 0 Å². The highest BCUT2D eigenvalue weighted by atomic mass is 16.5. The standard InChI is InChI=1S/C12H15N3O2/c1-14(2)7-12(16)15-8-13-10-5-4-9(17-3)6-11(10)15/h4-6,8H,7H2,1-3H3. The highest BCUT2D eigenvalue weighted by Gasteiger charge is 2.11. The number of imidazole rings is 1. The summed E-state index contributed by atoms with van der Waals surface area (Å²) in [7, 11) is 5.32. The van der Waals surface area contributed by atoms with Gasteiger partial charge >= 0.3 is 0 Å². The molecule has 0 N–H and O–H groups in total. The van der Waals surface area contributed by atoms with Crippen molar-refractivity contribution < 1.29 is 9.53 Å². The fourth-order valence-electron chi connectivity index (χ4n) is 1.66. The Balaban J connectivity index is 2.43. The van der Waals surface area contributed by atoms with Gasteiger partial charge in [-0.25, -0.2) is 4.98 Å². The van der Waals surface area contributed by atoms with E-state index >= 15 is 0 Å².